The molecule has 0 bridgehead atoms. The second kappa shape index (κ2) is 6.08. The number of nitrogens with one attached hydrogen (secondary N) is 1. The lowest BCUT2D eigenvalue weighted by molar-refractivity contribution is -0.141. The number of amides is 1. The summed E-state index contributed by atoms with van der Waals surface area (Å²) in [5.41, 5.74) is -0.132. The Morgan fingerprint density at radius 3 is 2.76 bits per heavy atom. The highest BCUT2D eigenvalue weighted by Crippen LogP contribution is 2.19. The number of carbonyl (C=O) groups excluding carboxylic acids is 1. The van der Waals surface area contributed by atoms with Gasteiger partial charge in [0.1, 0.15) is 17.4 Å². The molecule has 2 rings (SSSR count). The fraction of sp³-hybridized carbons (Fsp3) is 0.214. The lowest BCUT2D eigenvalue weighted by Gasteiger charge is -2.10. The van der Waals surface area contributed by atoms with Crippen LogP contribution in [0.25, 0.3) is 11.0 Å². The van der Waals surface area contributed by atoms with Crippen LogP contribution < -0.4 is 15.7 Å². The average Bonchev–Trinajstić information content (AvgIpc) is 2.44. The topological polar surface area (TPSA) is 106 Å². The molecule has 0 saturated heterocycles. The van der Waals surface area contributed by atoms with Gasteiger partial charge in [-0.3, -0.25) is 9.59 Å². The van der Waals surface area contributed by atoms with Crippen molar-refractivity contribution in [1.82, 2.24) is 5.32 Å². The summed E-state index contributed by atoms with van der Waals surface area (Å²) < 4.78 is 10.2. The quantitative estimate of drug-likeness (QED) is 0.788. The molecule has 0 aliphatic carbocycles. The summed E-state index contributed by atoms with van der Waals surface area (Å²) in [5.74, 6) is -1.34. The molecule has 110 valence electrons. The van der Waals surface area contributed by atoms with Crippen molar-refractivity contribution < 1.29 is 23.8 Å². The Kier molecular flexibility index (Phi) is 4.22. The largest absolute Gasteiger partial charge is 0.484 e. The van der Waals surface area contributed by atoms with E-state index in [-0.39, 0.29) is 6.61 Å². The Morgan fingerprint density at radius 1 is 1.33 bits per heavy atom. The van der Waals surface area contributed by atoms with E-state index in [1.54, 1.807) is 18.2 Å². The van der Waals surface area contributed by atoms with Gasteiger partial charge in [0.15, 0.2) is 6.61 Å². The number of rotatable bonds is 5. The van der Waals surface area contributed by atoms with Gasteiger partial charge in [-0.05, 0) is 25.1 Å². The smallest absolute Gasteiger partial charge is 0.336 e. The minimum atomic E-state index is -1.13. The monoisotopic (exact) mass is 291 g/mol. The van der Waals surface area contributed by atoms with E-state index in [1.165, 1.54) is 19.1 Å². The fourth-order valence-electron chi connectivity index (χ4n) is 1.62. The molecule has 7 nitrogen and oxygen atoms in total. The van der Waals surface area contributed by atoms with Gasteiger partial charge in [-0.15, -0.1) is 0 Å². The first-order valence-corrected chi connectivity index (χ1v) is 6.14. The van der Waals surface area contributed by atoms with Crippen LogP contribution in [0.5, 0.6) is 5.75 Å². The van der Waals surface area contributed by atoms with Gasteiger partial charge in [0.25, 0.3) is 5.91 Å². The molecule has 2 N–H and O–H groups in total. The van der Waals surface area contributed by atoms with E-state index < -0.39 is 23.5 Å². The minimum Gasteiger partial charge on any atom is -0.484 e. The number of fused-ring (bicyclic) bond motifs is 1. The molecule has 0 aliphatic rings. The number of benzene rings is 1. The highest BCUT2D eigenvalue weighted by Gasteiger charge is 2.14. The molecule has 0 spiro atoms. The van der Waals surface area contributed by atoms with Crippen LogP contribution in [0.1, 0.15) is 6.92 Å². The molecular weight excluding hydrogens is 278 g/mol. The van der Waals surface area contributed by atoms with E-state index in [9.17, 15) is 14.4 Å². The molecule has 1 amide bonds. The molecule has 7 heteroatoms. The molecule has 2 aromatic rings. The summed E-state index contributed by atoms with van der Waals surface area (Å²) in [6, 6.07) is 6.73. The standard InChI is InChI=1S/C14H13NO6/c1-8(14(18)19)15-12(16)7-20-10-4-2-9-3-5-13(17)21-11(9)6-10/h2-6,8H,7H2,1H3,(H,15,16)(H,18,19)/t8-/m1/s1. The summed E-state index contributed by atoms with van der Waals surface area (Å²) in [6.07, 6.45) is 0. The van der Waals surface area contributed by atoms with Crippen LogP contribution in [0.3, 0.4) is 0 Å². The maximum absolute atomic E-state index is 11.5. The van der Waals surface area contributed by atoms with E-state index in [0.29, 0.717) is 11.3 Å². The predicted octanol–water partition coefficient (Wildman–Crippen LogP) is 0.761. The van der Waals surface area contributed by atoms with Gasteiger partial charge in [0.05, 0.1) is 0 Å². The number of aliphatic carboxylic acids is 1. The SMILES string of the molecule is C[C@@H](NC(=O)COc1ccc2ccc(=O)oc2c1)C(=O)O. The summed E-state index contributed by atoms with van der Waals surface area (Å²) in [6.45, 7) is 1.02. The molecule has 21 heavy (non-hydrogen) atoms. The number of hydrogen-bond acceptors (Lipinski definition) is 5. The Labute approximate surface area is 119 Å². The first-order valence-electron chi connectivity index (χ1n) is 6.14. The third-order valence-corrected chi connectivity index (χ3v) is 2.71. The molecule has 0 saturated carbocycles. The van der Waals surface area contributed by atoms with Crippen molar-refractivity contribution in [2.45, 2.75) is 13.0 Å². The van der Waals surface area contributed by atoms with Crippen molar-refractivity contribution in [3.63, 3.8) is 0 Å². The summed E-state index contributed by atoms with van der Waals surface area (Å²) in [5, 5.41) is 11.6. The highest BCUT2D eigenvalue weighted by atomic mass is 16.5. The van der Waals surface area contributed by atoms with Crippen LogP contribution in [0, 0.1) is 0 Å². The van der Waals surface area contributed by atoms with Crippen molar-refractivity contribution in [3.05, 3.63) is 40.8 Å². The average molecular weight is 291 g/mol. The van der Waals surface area contributed by atoms with Gasteiger partial charge in [0, 0.05) is 17.5 Å². The maximum atomic E-state index is 11.5. The third kappa shape index (κ3) is 3.82. The van der Waals surface area contributed by atoms with E-state index in [0.717, 1.165) is 5.39 Å². The molecule has 1 atom stereocenters. The zero-order valence-electron chi connectivity index (χ0n) is 11.2. The number of carboxylic acids is 1. The number of carboxylic acid groups (broad SMARTS) is 1. The predicted molar refractivity (Wildman–Crippen MR) is 73.2 cm³/mol. The van der Waals surface area contributed by atoms with Crippen molar-refractivity contribution >= 4 is 22.8 Å². The van der Waals surface area contributed by atoms with E-state index in [4.69, 9.17) is 14.3 Å². The Hall–Kier alpha value is -2.83. The molecule has 1 aromatic heterocycles. The third-order valence-electron chi connectivity index (χ3n) is 2.71. The van der Waals surface area contributed by atoms with Crippen LogP contribution in [0.15, 0.2) is 39.5 Å². The van der Waals surface area contributed by atoms with Crippen LogP contribution in [-0.2, 0) is 9.59 Å². The van der Waals surface area contributed by atoms with Gasteiger partial charge in [0.2, 0.25) is 0 Å². The van der Waals surface area contributed by atoms with Gasteiger partial charge in [-0.2, -0.15) is 0 Å². The van der Waals surface area contributed by atoms with Crippen molar-refractivity contribution in [3.8, 4) is 5.75 Å². The fourth-order valence-corrected chi connectivity index (χ4v) is 1.62. The second-order valence-corrected chi connectivity index (χ2v) is 4.37. The molecule has 1 heterocycles. The van der Waals surface area contributed by atoms with Gasteiger partial charge >= 0.3 is 11.6 Å². The lowest BCUT2D eigenvalue weighted by atomic mass is 10.2. The second-order valence-electron chi connectivity index (χ2n) is 4.37. The Balaban J connectivity index is 2.02. The van der Waals surface area contributed by atoms with Gasteiger partial charge in [-0.25, -0.2) is 4.79 Å². The molecule has 1 aromatic carbocycles. The van der Waals surface area contributed by atoms with Gasteiger partial charge < -0.3 is 19.6 Å². The normalized spacial score (nSPS) is 11.9. The van der Waals surface area contributed by atoms with E-state index in [1.807, 2.05) is 0 Å². The van der Waals surface area contributed by atoms with Crippen LogP contribution in [0.4, 0.5) is 0 Å². The number of ether oxygens (including phenoxy) is 1. The van der Waals surface area contributed by atoms with Crippen LogP contribution in [0.2, 0.25) is 0 Å². The van der Waals surface area contributed by atoms with Crippen molar-refractivity contribution in [2.75, 3.05) is 6.61 Å². The first-order chi connectivity index (χ1) is 9.95. The van der Waals surface area contributed by atoms with Crippen LogP contribution >= 0.6 is 0 Å². The van der Waals surface area contributed by atoms with Crippen molar-refractivity contribution in [2.24, 2.45) is 0 Å². The van der Waals surface area contributed by atoms with Crippen molar-refractivity contribution in [1.29, 1.82) is 0 Å². The van der Waals surface area contributed by atoms with E-state index in [2.05, 4.69) is 5.32 Å². The van der Waals surface area contributed by atoms with E-state index >= 15 is 0 Å². The summed E-state index contributed by atoms with van der Waals surface area (Å²) in [7, 11) is 0. The zero-order chi connectivity index (χ0) is 15.4. The molecular formula is C14H13NO6. The molecule has 0 aliphatic heterocycles. The summed E-state index contributed by atoms with van der Waals surface area (Å²) in [4.78, 5) is 33.2. The summed E-state index contributed by atoms with van der Waals surface area (Å²) >= 11 is 0. The number of hydrogen-bond donors (Lipinski definition) is 2. The Bertz CT molecular complexity index is 736. The lowest BCUT2D eigenvalue weighted by Crippen LogP contribution is -2.40. The first kappa shape index (κ1) is 14.6. The zero-order valence-corrected chi connectivity index (χ0v) is 11.2. The highest BCUT2D eigenvalue weighted by molar-refractivity contribution is 5.84. The maximum Gasteiger partial charge on any atom is 0.336 e. The van der Waals surface area contributed by atoms with Crippen LogP contribution in [-0.4, -0.2) is 29.6 Å². The van der Waals surface area contributed by atoms with Gasteiger partial charge in [-0.1, -0.05) is 0 Å². The Morgan fingerprint density at radius 2 is 2.05 bits per heavy atom. The number of carbonyl (C=O) groups is 2. The molecule has 0 unspecified atom stereocenters. The molecule has 0 radical (unpaired) electrons. The molecule has 0 fully saturated rings. The minimum absolute atomic E-state index is 0.333.